The van der Waals surface area contributed by atoms with Crippen LogP contribution in [0.1, 0.15) is 21.7 Å². The van der Waals surface area contributed by atoms with Gasteiger partial charge in [0.1, 0.15) is 0 Å². The summed E-state index contributed by atoms with van der Waals surface area (Å²) in [6.07, 6.45) is 1.59. The Morgan fingerprint density at radius 3 is 2.82 bits per heavy atom. The standard InChI is InChI=1S/C15H10N4O3/c16-7-9-3-4-10(8-20)12(6-9)11-2-1-5-19-14(11)17-13(18-19)15(21)22/h1-6,20H,8H2,(H,21,22). The van der Waals surface area contributed by atoms with Gasteiger partial charge in [0.15, 0.2) is 5.65 Å². The number of hydrogen-bond donors (Lipinski definition) is 2. The molecule has 0 atom stereocenters. The molecular weight excluding hydrogens is 284 g/mol. The summed E-state index contributed by atoms with van der Waals surface area (Å²) in [6, 6.07) is 10.4. The van der Waals surface area contributed by atoms with Gasteiger partial charge in [0.2, 0.25) is 0 Å². The van der Waals surface area contributed by atoms with E-state index >= 15 is 0 Å². The molecule has 7 nitrogen and oxygen atoms in total. The summed E-state index contributed by atoms with van der Waals surface area (Å²) in [7, 11) is 0. The Hall–Kier alpha value is -3.24. The summed E-state index contributed by atoms with van der Waals surface area (Å²) < 4.78 is 1.36. The number of fused-ring (bicyclic) bond motifs is 1. The molecule has 0 aliphatic rings. The first-order valence-corrected chi connectivity index (χ1v) is 6.37. The third-order valence-corrected chi connectivity index (χ3v) is 3.25. The molecule has 2 aromatic heterocycles. The Kier molecular flexibility index (Phi) is 3.29. The summed E-state index contributed by atoms with van der Waals surface area (Å²) in [5.41, 5.74) is 2.63. The van der Waals surface area contributed by atoms with Gasteiger partial charge in [-0.15, -0.1) is 5.10 Å². The van der Waals surface area contributed by atoms with Gasteiger partial charge in [-0.1, -0.05) is 6.07 Å². The van der Waals surface area contributed by atoms with E-state index in [2.05, 4.69) is 10.1 Å². The molecule has 22 heavy (non-hydrogen) atoms. The number of nitrogens with zero attached hydrogens (tertiary/aromatic N) is 4. The number of carboxylic acid groups (broad SMARTS) is 1. The number of benzene rings is 1. The second-order valence-electron chi connectivity index (χ2n) is 4.57. The van der Waals surface area contributed by atoms with Crippen molar-refractivity contribution in [2.75, 3.05) is 0 Å². The minimum atomic E-state index is -1.22. The first-order chi connectivity index (χ1) is 10.6. The third kappa shape index (κ3) is 2.17. The molecule has 3 aromatic rings. The summed E-state index contributed by atoms with van der Waals surface area (Å²) in [6.45, 7) is -0.206. The molecular formula is C15H10N4O3. The number of hydrogen-bond acceptors (Lipinski definition) is 5. The molecule has 0 spiro atoms. The van der Waals surface area contributed by atoms with Gasteiger partial charge in [-0.25, -0.2) is 14.3 Å². The van der Waals surface area contributed by atoms with Crippen LogP contribution in [0.15, 0.2) is 36.5 Å². The number of aromatic nitrogens is 3. The first-order valence-electron chi connectivity index (χ1n) is 6.37. The molecule has 7 heteroatoms. The molecule has 0 aliphatic carbocycles. The Labute approximate surface area is 124 Å². The van der Waals surface area contributed by atoms with Gasteiger partial charge < -0.3 is 10.2 Å². The molecule has 0 bridgehead atoms. The third-order valence-electron chi connectivity index (χ3n) is 3.25. The van der Waals surface area contributed by atoms with Crippen molar-refractivity contribution >= 4 is 11.6 Å². The topological polar surface area (TPSA) is 112 Å². The van der Waals surface area contributed by atoms with E-state index in [1.807, 2.05) is 6.07 Å². The molecule has 0 fully saturated rings. The zero-order chi connectivity index (χ0) is 15.7. The van der Waals surface area contributed by atoms with E-state index in [4.69, 9.17) is 10.4 Å². The van der Waals surface area contributed by atoms with Gasteiger partial charge >= 0.3 is 5.97 Å². The van der Waals surface area contributed by atoms with Crippen LogP contribution in [0.2, 0.25) is 0 Å². The first kappa shape index (κ1) is 13.7. The lowest BCUT2D eigenvalue weighted by Crippen LogP contribution is -1.98. The fourth-order valence-electron chi connectivity index (χ4n) is 2.24. The fraction of sp³-hybridized carbons (Fsp3) is 0.0667. The Morgan fingerprint density at radius 1 is 1.32 bits per heavy atom. The minimum Gasteiger partial charge on any atom is -0.475 e. The van der Waals surface area contributed by atoms with Crippen molar-refractivity contribution in [1.82, 2.24) is 14.6 Å². The molecule has 1 aromatic carbocycles. The lowest BCUT2D eigenvalue weighted by molar-refractivity contribution is 0.0684. The highest BCUT2D eigenvalue weighted by atomic mass is 16.4. The van der Waals surface area contributed by atoms with Gasteiger partial charge in [0, 0.05) is 11.8 Å². The van der Waals surface area contributed by atoms with E-state index in [0.717, 1.165) is 0 Å². The summed E-state index contributed by atoms with van der Waals surface area (Å²) >= 11 is 0. The summed E-state index contributed by atoms with van der Waals surface area (Å²) in [4.78, 5) is 15.0. The number of aliphatic hydroxyl groups is 1. The fourth-order valence-corrected chi connectivity index (χ4v) is 2.24. The van der Waals surface area contributed by atoms with Gasteiger partial charge in [-0.2, -0.15) is 5.26 Å². The number of carbonyl (C=O) groups is 1. The molecule has 3 rings (SSSR count). The summed E-state index contributed by atoms with van der Waals surface area (Å²) in [5.74, 6) is -1.53. The van der Waals surface area contributed by atoms with Crippen LogP contribution in [0.4, 0.5) is 0 Å². The van der Waals surface area contributed by atoms with Crippen molar-refractivity contribution in [1.29, 1.82) is 5.26 Å². The summed E-state index contributed by atoms with van der Waals surface area (Å²) in [5, 5.41) is 31.4. The molecule has 0 saturated heterocycles. The van der Waals surface area contributed by atoms with Gasteiger partial charge in [0.25, 0.3) is 5.82 Å². The van der Waals surface area contributed by atoms with Crippen molar-refractivity contribution in [3.63, 3.8) is 0 Å². The average Bonchev–Trinajstić information content (AvgIpc) is 2.98. The van der Waals surface area contributed by atoms with Crippen LogP contribution in [0.3, 0.4) is 0 Å². The second kappa shape index (κ2) is 5.27. The number of rotatable bonds is 3. The van der Waals surface area contributed by atoms with Crippen LogP contribution >= 0.6 is 0 Å². The Bertz CT molecular complexity index is 924. The van der Waals surface area contributed by atoms with Crippen LogP contribution in [0, 0.1) is 11.3 Å². The maximum absolute atomic E-state index is 11.0. The largest absolute Gasteiger partial charge is 0.475 e. The molecule has 2 heterocycles. The van der Waals surface area contributed by atoms with Crippen LogP contribution in [-0.4, -0.2) is 30.8 Å². The molecule has 0 aliphatic heterocycles. The van der Waals surface area contributed by atoms with E-state index in [1.165, 1.54) is 4.52 Å². The van der Waals surface area contributed by atoms with Crippen molar-refractivity contribution in [2.45, 2.75) is 6.61 Å². The second-order valence-corrected chi connectivity index (χ2v) is 4.57. The Morgan fingerprint density at radius 2 is 2.14 bits per heavy atom. The molecule has 2 N–H and O–H groups in total. The highest BCUT2D eigenvalue weighted by Gasteiger charge is 2.16. The van der Waals surface area contributed by atoms with E-state index in [1.54, 1.807) is 36.5 Å². The lowest BCUT2D eigenvalue weighted by Gasteiger charge is -2.08. The number of aliphatic hydroxyl groups excluding tert-OH is 1. The Balaban J connectivity index is 2.30. The van der Waals surface area contributed by atoms with Crippen molar-refractivity contribution < 1.29 is 15.0 Å². The van der Waals surface area contributed by atoms with Crippen molar-refractivity contribution in [3.8, 4) is 17.2 Å². The highest BCUT2D eigenvalue weighted by molar-refractivity contribution is 5.86. The zero-order valence-electron chi connectivity index (χ0n) is 11.3. The van der Waals surface area contributed by atoms with Crippen LogP contribution in [0.25, 0.3) is 16.8 Å². The van der Waals surface area contributed by atoms with Crippen molar-refractivity contribution in [3.05, 3.63) is 53.5 Å². The van der Waals surface area contributed by atoms with Gasteiger partial charge in [0.05, 0.1) is 18.2 Å². The lowest BCUT2D eigenvalue weighted by atomic mass is 9.98. The molecule has 0 radical (unpaired) electrons. The van der Waals surface area contributed by atoms with E-state index in [0.29, 0.717) is 27.9 Å². The monoisotopic (exact) mass is 294 g/mol. The molecule has 0 saturated carbocycles. The quantitative estimate of drug-likeness (QED) is 0.756. The predicted octanol–water partition coefficient (Wildman–Crippen LogP) is 1.46. The van der Waals surface area contributed by atoms with E-state index < -0.39 is 5.97 Å². The SMILES string of the molecule is N#Cc1ccc(CO)c(-c2cccn3nc(C(=O)O)nc23)c1. The van der Waals surface area contributed by atoms with Gasteiger partial charge in [-0.05, 0) is 35.4 Å². The highest BCUT2D eigenvalue weighted by Crippen LogP contribution is 2.28. The van der Waals surface area contributed by atoms with Gasteiger partial charge in [-0.3, -0.25) is 0 Å². The molecule has 0 unspecified atom stereocenters. The van der Waals surface area contributed by atoms with Crippen LogP contribution < -0.4 is 0 Å². The van der Waals surface area contributed by atoms with Crippen LogP contribution in [0.5, 0.6) is 0 Å². The van der Waals surface area contributed by atoms with Crippen molar-refractivity contribution in [2.24, 2.45) is 0 Å². The minimum absolute atomic E-state index is 0.206. The van der Waals surface area contributed by atoms with Crippen LogP contribution in [-0.2, 0) is 6.61 Å². The zero-order valence-corrected chi connectivity index (χ0v) is 11.3. The predicted molar refractivity (Wildman–Crippen MR) is 76.0 cm³/mol. The smallest absolute Gasteiger partial charge is 0.375 e. The number of aromatic carboxylic acids is 1. The average molecular weight is 294 g/mol. The molecule has 108 valence electrons. The molecule has 0 amide bonds. The van der Waals surface area contributed by atoms with E-state index in [9.17, 15) is 9.90 Å². The maximum atomic E-state index is 11.0. The number of carboxylic acids is 1. The maximum Gasteiger partial charge on any atom is 0.375 e. The van der Waals surface area contributed by atoms with E-state index in [-0.39, 0.29) is 12.4 Å². The number of pyridine rings is 1. The number of nitriles is 1. The normalized spacial score (nSPS) is 10.5.